The molecule has 1 unspecified atom stereocenters. The average molecular weight is 360 g/mol. The summed E-state index contributed by atoms with van der Waals surface area (Å²) in [5.41, 5.74) is 1.61. The molecule has 0 radical (unpaired) electrons. The lowest BCUT2D eigenvalue weighted by atomic mass is 10.1. The van der Waals surface area contributed by atoms with Crippen LogP contribution in [0.15, 0.2) is 35.4 Å². The van der Waals surface area contributed by atoms with Crippen molar-refractivity contribution in [3.05, 3.63) is 41.7 Å². The molecule has 2 aliphatic rings. The molecule has 2 aliphatic heterocycles. The van der Waals surface area contributed by atoms with Gasteiger partial charge in [0.25, 0.3) is 5.91 Å². The Morgan fingerprint density at radius 1 is 1.32 bits per heavy atom. The van der Waals surface area contributed by atoms with Crippen LogP contribution in [0.3, 0.4) is 0 Å². The standard InChI is InChI=1S/C17H20N4O3S/c22-17(15-5-8-21(20-15)14-2-1-7-18-11-14)19-13-4-3-12-6-9-25(23,24)16(12)10-13/h3-5,8,10,14,18H,1-2,6-7,9,11H2,(H,19,22). The summed E-state index contributed by atoms with van der Waals surface area (Å²) in [6, 6.07) is 6.99. The number of benzene rings is 1. The Bertz CT molecular complexity index is 914. The van der Waals surface area contributed by atoms with E-state index in [9.17, 15) is 13.2 Å². The molecule has 8 heteroatoms. The zero-order valence-corrected chi connectivity index (χ0v) is 14.6. The van der Waals surface area contributed by atoms with Gasteiger partial charge in [0, 0.05) is 18.4 Å². The topological polar surface area (TPSA) is 93.1 Å². The highest BCUT2D eigenvalue weighted by molar-refractivity contribution is 7.91. The lowest BCUT2D eigenvalue weighted by Crippen LogP contribution is -2.32. The van der Waals surface area contributed by atoms with Crippen molar-refractivity contribution in [1.29, 1.82) is 0 Å². The summed E-state index contributed by atoms with van der Waals surface area (Å²) in [5, 5.41) is 10.4. The summed E-state index contributed by atoms with van der Waals surface area (Å²) < 4.78 is 25.8. The Morgan fingerprint density at radius 2 is 2.20 bits per heavy atom. The predicted molar refractivity (Wildman–Crippen MR) is 93.5 cm³/mol. The van der Waals surface area contributed by atoms with Gasteiger partial charge in [0.2, 0.25) is 0 Å². The number of fused-ring (bicyclic) bond motifs is 1. The molecule has 1 saturated heterocycles. The maximum absolute atomic E-state index is 12.4. The molecule has 132 valence electrons. The number of aromatic nitrogens is 2. The molecule has 0 spiro atoms. The summed E-state index contributed by atoms with van der Waals surface area (Å²) in [6.45, 7) is 1.87. The highest BCUT2D eigenvalue weighted by Crippen LogP contribution is 2.28. The molecule has 1 atom stereocenters. The van der Waals surface area contributed by atoms with Gasteiger partial charge in [-0.15, -0.1) is 0 Å². The first-order valence-corrected chi connectivity index (χ1v) is 10.1. The van der Waals surface area contributed by atoms with Gasteiger partial charge in [-0.2, -0.15) is 5.10 Å². The number of rotatable bonds is 3. The van der Waals surface area contributed by atoms with Gasteiger partial charge in [-0.05, 0) is 49.6 Å². The number of aryl methyl sites for hydroxylation is 1. The van der Waals surface area contributed by atoms with Crippen LogP contribution < -0.4 is 10.6 Å². The van der Waals surface area contributed by atoms with Crippen molar-refractivity contribution in [3.8, 4) is 0 Å². The molecule has 2 aromatic rings. The smallest absolute Gasteiger partial charge is 0.276 e. The van der Waals surface area contributed by atoms with E-state index in [1.165, 1.54) is 6.07 Å². The highest BCUT2D eigenvalue weighted by Gasteiger charge is 2.26. The van der Waals surface area contributed by atoms with Gasteiger partial charge < -0.3 is 10.6 Å². The normalized spacial score (nSPS) is 21.7. The maximum atomic E-state index is 12.4. The molecule has 0 bridgehead atoms. The van der Waals surface area contributed by atoms with Gasteiger partial charge in [-0.1, -0.05) is 6.07 Å². The lowest BCUT2D eigenvalue weighted by molar-refractivity contribution is 0.102. The second-order valence-corrected chi connectivity index (χ2v) is 8.60. The number of nitrogens with one attached hydrogen (secondary N) is 2. The Labute approximate surface area is 146 Å². The van der Waals surface area contributed by atoms with E-state index in [0.717, 1.165) is 31.5 Å². The van der Waals surface area contributed by atoms with E-state index in [1.54, 1.807) is 18.2 Å². The number of hydrogen-bond acceptors (Lipinski definition) is 5. The molecule has 4 rings (SSSR count). The first-order valence-electron chi connectivity index (χ1n) is 8.46. The van der Waals surface area contributed by atoms with Crippen LogP contribution >= 0.6 is 0 Å². The first-order chi connectivity index (χ1) is 12.0. The minimum atomic E-state index is -3.22. The Morgan fingerprint density at radius 3 is 3.00 bits per heavy atom. The average Bonchev–Trinajstić information content (AvgIpc) is 3.22. The minimum absolute atomic E-state index is 0.138. The molecule has 1 aromatic heterocycles. The van der Waals surface area contributed by atoms with Crippen LogP contribution in [0.1, 0.15) is 34.9 Å². The third-order valence-corrected chi connectivity index (χ3v) is 6.58. The van der Waals surface area contributed by atoms with Gasteiger partial charge >= 0.3 is 0 Å². The van der Waals surface area contributed by atoms with E-state index in [-0.39, 0.29) is 17.7 Å². The van der Waals surface area contributed by atoms with E-state index in [0.29, 0.717) is 22.7 Å². The van der Waals surface area contributed by atoms with Crippen molar-refractivity contribution in [2.75, 3.05) is 24.2 Å². The van der Waals surface area contributed by atoms with E-state index < -0.39 is 9.84 Å². The zero-order valence-electron chi connectivity index (χ0n) is 13.7. The van der Waals surface area contributed by atoms with Crippen molar-refractivity contribution in [1.82, 2.24) is 15.1 Å². The van der Waals surface area contributed by atoms with E-state index in [1.807, 2.05) is 10.9 Å². The third kappa shape index (κ3) is 3.19. The Balaban J connectivity index is 1.50. The van der Waals surface area contributed by atoms with Crippen LogP contribution in [0.2, 0.25) is 0 Å². The number of anilines is 1. The second-order valence-electron chi connectivity index (χ2n) is 6.53. The SMILES string of the molecule is O=C(Nc1ccc2c(c1)S(=O)(=O)CC2)c1ccn(C2CCCNC2)n1. The number of carbonyl (C=O) groups is 1. The molecule has 2 N–H and O–H groups in total. The van der Waals surface area contributed by atoms with E-state index in [2.05, 4.69) is 15.7 Å². The van der Waals surface area contributed by atoms with E-state index >= 15 is 0 Å². The fraction of sp³-hybridized carbons (Fsp3) is 0.412. The number of piperidine rings is 1. The van der Waals surface area contributed by atoms with Crippen molar-refractivity contribution in [2.24, 2.45) is 0 Å². The van der Waals surface area contributed by atoms with Crippen molar-refractivity contribution >= 4 is 21.4 Å². The largest absolute Gasteiger partial charge is 0.321 e. The molecule has 1 amide bonds. The monoisotopic (exact) mass is 360 g/mol. The van der Waals surface area contributed by atoms with Crippen molar-refractivity contribution < 1.29 is 13.2 Å². The van der Waals surface area contributed by atoms with Crippen LogP contribution in [0.4, 0.5) is 5.69 Å². The number of nitrogens with zero attached hydrogens (tertiary/aromatic N) is 2. The second kappa shape index (κ2) is 6.27. The van der Waals surface area contributed by atoms with Crippen LogP contribution in [0, 0.1) is 0 Å². The number of sulfone groups is 1. The zero-order chi connectivity index (χ0) is 17.4. The van der Waals surface area contributed by atoms with Crippen LogP contribution in [0.5, 0.6) is 0 Å². The lowest BCUT2D eigenvalue weighted by Gasteiger charge is -2.22. The first kappa shape index (κ1) is 16.3. The Hall–Kier alpha value is -2.19. The summed E-state index contributed by atoms with van der Waals surface area (Å²) >= 11 is 0. The minimum Gasteiger partial charge on any atom is -0.321 e. The fourth-order valence-corrected chi connectivity index (χ4v) is 4.98. The number of amides is 1. The quantitative estimate of drug-likeness (QED) is 0.863. The predicted octanol–water partition coefficient (Wildman–Crippen LogP) is 1.39. The fourth-order valence-electron chi connectivity index (χ4n) is 3.40. The van der Waals surface area contributed by atoms with Crippen molar-refractivity contribution in [2.45, 2.75) is 30.2 Å². The number of hydrogen-bond donors (Lipinski definition) is 2. The number of carbonyl (C=O) groups excluding carboxylic acids is 1. The molecule has 25 heavy (non-hydrogen) atoms. The molecule has 3 heterocycles. The molecular weight excluding hydrogens is 340 g/mol. The maximum Gasteiger partial charge on any atom is 0.276 e. The van der Waals surface area contributed by atoms with Gasteiger partial charge in [0.1, 0.15) is 0 Å². The highest BCUT2D eigenvalue weighted by atomic mass is 32.2. The van der Waals surface area contributed by atoms with Gasteiger partial charge in [0.15, 0.2) is 15.5 Å². The Kier molecular flexibility index (Phi) is 4.09. The summed E-state index contributed by atoms with van der Waals surface area (Å²) in [4.78, 5) is 12.7. The van der Waals surface area contributed by atoms with E-state index in [4.69, 9.17) is 0 Å². The molecule has 1 fully saturated rings. The summed E-state index contributed by atoms with van der Waals surface area (Å²) in [5.74, 6) is -0.197. The molecular formula is C17H20N4O3S. The molecule has 7 nitrogen and oxygen atoms in total. The van der Waals surface area contributed by atoms with Gasteiger partial charge in [-0.25, -0.2) is 8.42 Å². The van der Waals surface area contributed by atoms with Gasteiger partial charge in [-0.3, -0.25) is 9.48 Å². The third-order valence-electron chi connectivity index (χ3n) is 4.79. The molecule has 1 aromatic carbocycles. The molecule has 0 aliphatic carbocycles. The van der Waals surface area contributed by atoms with Crippen molar-refractivity contribution in [3.63, 3.8) is 0 Å². The van der Waals surface area contributed by atoms with Gasteiger partial charge in [0.05, 0.1) is 16.7 Å². The van der Waals surface area contributed by atoms with Crippen LogP contribution in [-0.2, 0) is 16.3 Å². The van der Waals surface area contributed by atoms with Crippen LogP contribution in [-0.4, -0.2) is 42.9 Å². The summed E-state index contributed by atoms with van der Waals surface area (Å²) in [6.07, 6.45) is 4.49. The molecule has 0 saturated carbocycles. The summed E-state index contributed by atoms with van der Waals surface area (Å²) in [7, 11) is -3.22. The van der Waals surface area contributed by atoms with Crippen LogP contribution in [0.25, 0.3) is 0 Å².